The maximum absolute atomic E-state index is 9.69. The van der Waals surface area contributed by atoms with E-state index in [1.807, 2.05) is 0 Å². The standard InChI is InChI=1S/8CH4.Ca.H2O4S/c;;;;;;;;;1-4-5(2)3/h8*1H4;;1H,(H,2,3). The zero-order chi connectivity index (χ0) is 5.21. The van der Waals surface area contributed by atoms with Crippen molar-refractivity contribution in [2.45, 2.75) is 59.4 Å². The van der Waals surface area contributed by atoms with Crippen LogP contribution in [0.5, 0.6) is 0 Å². The van der Waals surface area contributed by atoms with Gasteiger partial charge in [0.25, 0.3) is 0 Å². The Bertz CT molecular complexity index is 123. The van der Waals surface area contributed by atoms with E-state index in [0.717, 1.165) is 0 Å². The van der Waals surface area contributed by atoms with Gasteiger partial charge in [-0.1, -0.05) is 59.4 Å². The van der Waals surface area contributed by atoms with Gasteiger partial charge in [0.15, 0.2) is 0 Å². The van der Waals surface area contributed by atoms with Crippen molar-refractivity contribution in [1.29, 1.82) is 0 Å². The van der Waals surface area contributed by atoms with Gasteiger partial charge in [0.1, 0.15) is 0 Å². The summed E-state index contributed by atoms with van der Waals surface area (Å²) in [5.41, 5.74) is 0. The van der Waals surface area contributed by atoms with E-state index in [9.17, 15) is 4.21 Å². The summed E-state index contributed by atoms with van der Waals surface area (Å²) in [5.74, 6) is 0. The number of hydrogen-bond acceptors (Lipinski definition) is 3. The van der Waals surface area contributed by atoms with Crippen LogP contribution < -0.4 is 0 Å². The van der Waals surface area contributed by atoms with Crippen molar-refractivity contribution in [3.8, 4) is 0 Å². The average Bonchev–Trinajstić information content (AvgIpc) is 1.35. The van der Waals surface area contributed by atoms with Crippen LogP contribution in [0.2, 0.25) is 0 Å². The van der Waals surface area contributed by atoms with E-state index >= 15 is 0 Å². The molecule has 4 nitrogen and oxygen atoms in total. The van der Waals surface area contributed by atoms with E-state index in [0.29, 0.717) is 0 Å². The molecule has 6 heteroatoms. The second-order valence-corrected chi connectivity index (χ2v) is 5.39. The summed E-state index contributed by atoms with van der Waals surface area (Å²) in [4.78, 5) is 0. The summed E-state index contributed by atoms with van der Waals surface area (Å²) in [6.07, 6.45) is 0. The SMILES string of the molecule is C.C.C.C.C.C.C.C.O=[S](O)(=[Ca])OO. The van der Waals surface area contributed by atoms with Crippen LogP contribution in [-0.2, 0) is 8.81 Å². The zero-order valence-electron chi connectivity index (χ0n) is 2.83. The molecule has 0 aliphatic heterocycles. The molecule has 1 unspecified atom stereocenters. The Balaban J connectivity index is -0.00000000446. The van der Waals surface area contributed by atoms with Crippen molar-refractivity contribution < 1.29 is 18.4 Å². The third-order valence-corrected chi connectivity index (χ3v) is 0.843. The van der Waals surface area contributed by atoms with Crippen LogP contribution in [0.4, 0.5) is 0 Å². The second kappa shape index (κ2) is 36.7. The van der Waals surface area contributed by atoms with Crippen molar-refractivity contribution in [3.05, 3.63) is 0 Å². The average molecular weight is 267 g/mol. The van der Waals surface area contributed by atoms with Gasteiger partial charge in [-0.2, -0.15) is 0 Å². The first kappa shape index (κ1) is 78.9. The first-order chi connectivity index (χ1) is 2.56. The monoisotopic (exact) mass is 266 g/mol. The normalized spacial score (nSPS) is 8.57. The van der Waals surface area contributed by atoms with E-state index in [1.54, 1.807) is 0 Å². The molecule has 0 bridgehead atoms. The molecule has 14 heavy (non-hydrogen) atoms. The van der Waals surface area contributed by atoms with Crippen LogP contribution in [0.25, 0.3) is 0 Å². The van der Waals surface area contributed by atoms with Gasteiger partial charge < -0.3 is 0 Å². The van der Waals surface area contributed by atoms with E-state index in [1.165, 1.54) is 0 Å². The van der Waals surface area contributed by atoms with Gasteiger partial charge in [-0.05, 0) is 0 Å². The molecular formula is C8H34CaO4S. The van der Waals surface area contributed by atoms with E-state index in [4.69, 9.17) is 9.81 Å². The fraction of sp³-hybridized carbons (Fsp3) is 1.00. The third kappa shape index (κ3) is 109. The minimum absolute atomic E-state index is 0. The zero-order valence-corrected chi connectivity index (χ0v) is 5.85. The molecule has 0 aromatic heterocycles. The van der Waals surface area contributed by atoms with Gasteiger partial charge in [0.2, 0.25) is 0 Å². The molecule has 2 N–H and O–H groups in total. The predicted molar refractivity (Wildman–Crippen MR) is 74.1 cm³/mol. The molecule has 0 fully saturated rings. The van der Waals surface area contributed by atoms with Gasteiger partial charge in [-0.3, -0.25) is 0 Å². The molecule has 0 saturated carbocycles. The summed E-state index contributed by atoms with van der Waals surface area (Å²) in [5, 5.41) is 7.41. The van der Waals surface area contributed by atoms with E-state index < -0.39 is 4.47 Å². The van der Waals surface area contributed by atoms with Crippen LogP contribution in [0.1, 0.15) is 59.4 Å². The van der Waals surface area contributed by atoms with Crippen molar-refractivity contribution in [1.82, 2.24) is 0 Å². The molecule has 0 aliphatic carbocycles. The Kier molecular flexibility index (Phi) is 207. The van der Waals surface area contributed by atoms with Gasteiger partial charge in [-0.25, -0.2) is 0 Å². The molecule has 0 aromatic rings. The topological polar surface area (TPSA) is 66.8 Å². The fourth-order valence-corrected chi connectivity index (χ4v) is 0. The van der Waals surface area contributed by atoms with Crippen molar-refractivity contribution in [2.75, 3.05) is 0 Å². The molecule has 0 radical (unpaired) electrons. The second-order valence-electron chi connectivity index (χ2n) is 0.656. The van der Waals surface area contributed by atoms with Crippen molar-refractivity contribution >= 4 is 37.8 Å². The summed E-state index contributed by atoms with van der Waals surface area (Å²) >= 11 is 0.0312. The predicted octanol–water partition coefficient (Wildman–Crippen LogP) is 4.32. The molecule has 0 saturated heterocycles. The van der Waals surface area contributed by atoms with Crippen molar-refractivity contribution in [2.24, 2.45) is 0 Å². The summed E-state index contributed by atoms with van der Waals surface area (Å²) in [6.45, 7) is 0. The minimum atomic E-state index is -3.23. The molecule has 0 spiro atoms. The van der Waals surface area contributed by atoms with Crippen LogP contribution in [0, 0.1) is 0 Å². The van der Waals surface area contributed by atoms with Gasteiger partial charge in [0, 0.05) is 0 Å². The Hall–Kier alpha value is 1.29. The Morgan fingerprint density at radius 1 is 0.857 bits per heavy atom. The third-order valence-electron chi connectivity index (χ3n) is 0.116. The van der Waals surface area contributed by atoms with E-state index in [2.05, 4.69) is 4.33 Å². The molecule has 98 valence electrons. The molecule has 1 atom stereocenters. The fourth-order valence-electron chi connectivity index (χ4n) is 0. The Morgan fingerprint density at radius 3 is 0.929 bits per heavy atom. The Morgan fingerprint density at radius 2 is 0.929 bits per heavy atom. The molecule has 0 heterocycles. The van der Waals surface area contributed by atoms with E-state index in [-0.39, 0.29) is 92.7 Å². The first-order valence-corrected chi connectivity index (χ1v) is 5.30. The van der Waals surface area contributed by atoms with Gasteiger partial charge in [0.05, 0.1) is 0 Å². The van der Waals surface area contributed by atoms with Crippen LogP contribution in [0.3, 0.4) is 0 Å². The molecule has 0 aromatic carbocycles. The molecular weight excluding hydrogens is 232 g/mol. The summed E-state index contributed by atoms with van der Waals surface area (Å²) < 4.78 is 17.5. The molecule has 0 rings (SSSR count). The first-order valence-electron chi connectivity index (χ1n) is 0.987. The number of rotatable bonds is 1. The van der Waals surface area contributed by atoms with Gasteiger partial charge in [-0.15, -0.1) is 0 Å². The maximum atomic E-state index is 9.69. The van der Waals surface area contributed by atoms with Crippen LogP contribution in [0.15, 0.2) is 0 Å². The molecule has 0 aliphatic rings. The summed E-state index contributed by atoms with van der Waals surface area (Å²) in [6, 6.07) is 0. The Labute approximate surface area is 115 Å². The van der Waals surface area contributed by atoms with Crippen molar-refractivity contribution in [3.63, 3.8) is 0 Å². The van der Waals surface area contributed by atoms with Gasteiger partial charge >= 0.3 is 56.1 Å². The summed E-state index contributed by atoms with van der Waals surface area (Å²) in [7, 11) is 0. The molecule has 0 amide bonds. The van der Waals surface area contributed by atoms with Crippen LogP contribution in [-0.4, -0.2) is 47.3 Å². The van der Waals surface area contributed by atoms with Crippen LogP contribution >= 0.6 is 0 Å². The quantitative estimate of drug-likeness (QED) is 0.421. The number of hydrogen-bond donors (Lipinski definition) is 2.